The van der Waals surface area contributed by atoms with Crippen LogP contribution in [0.4, 0.5) is 4.39 Å². The number of hydrogen-bond acceptors (Lipinski definition) is 7. The van der Waals surface area contributed by atoms with E-state index in [1.165, 1.54) is 41.0 Å². The first-order valence-electron chi connectivity index (χ1n) is 11.7. The lowest BCUT2D eigenvalue weighted by molar-refractivity contribution is -0.0364. The highest BCUT2D eigenvalue weighted by Crippen LogP contribution is 2.25. The number of likely N-dealkylation sites (tertiary alicyclic amines) is 1. The van der Waals surface area contributed by atoms with Crippen LogP contribution in [-0.2, 0) is 17.8 Å². The number of ether oxygens (including phenoxy) is 1. The van der Waals surface area contributed by atoms with Crippen molar-refractivity contribution in [2.24, 2.45) is 0 Å². The number of hydrogen-bond donors (Lipinski definition) is 1. The van der Waals surface area contributed by atoms with Gasteiger partial charge in [0.05, 0.1) is 36.7 Å². The Labute approximate surface area is 206 Å². The van der Waals surface area contributed by atoms with Crippen molar-refractivity contribution in [2.75, 3.05) is 20.2 Å². The number of fused-ring (bicyclic) bond motifs is 1. The number of halogens is 1. The summed E-state index contributed by atoms with van der Waals surface area (Å²) >= 11 is 0. The number of aromatic nitrogens is 4. The minimum atomic E-state index is -1.05. The van der Waals surface area contributed by atoms with Gasteiger partial charge in [0.15, 0.2) is 5.65 Å². The minimum Gasteiger partial charge on any atom is -0.465 e. The molecule has 2 aromatic carbocycles. The summed E-state index contributed by atoms with van der Waals surface area (Å²) < 4.78 is 21.0. The molecule has 0 radical (unpaired) electrons. The molecule has 0 spiro atoms. The lowest BCUT2D eigenvalue weighted by atomic mass is 9.91. The van der Waals surface area contributed by atoms with Gasteiger partial charge in [0.2, 0.25) is 0 Å². The molecular formula is C26H26FN5O4. The van der Waals surface area contributed by atoms with Crippen LogP contribution in [-0.4, -0.2) is 61.1 Å². The van der Waals surface area contributed by atoms with Gasteiger partial charge in [0.1, 0.15) is 17.5 Å². The predicted molar refractivity (Wildman–Crippen MR) is 130 cm³/mol. The van der Waals surface area contributed by atoms with Crippen LogP contribution in [0.15, 0.2) is 65.8 Å². The smallest absolute Gasteiger partial charge is 0.337 e. The number of methoxy groups -OCH3 is 1. The number of esters is 1. The zero-order valence-corrected chi connectivity index (χ0v) is 19.8. The lowest BCUT2D eigenvalue weighted by Gasteiger charge is -2.38. The summed E-state index contributed by atoms with van der Waals surface area (Å²) in [5, 5.41) is 15.8. The second kappa shape index (κ2) is 9.63. The van der Waals surface area contributed by atoms with Gasteiger partial charge in [0, 0.05) is 19.6 Å². The molecule has 1 saturated heterocycles. The maximum Gasteiger partial charge on any atom is 0.337 e. The Morgan fingerprint density at radius 2 is 1.92 bits per heavy atom. The molecule has 0 bridgehead atoms. The van der Waals surface area contributed by atoms with E-state index < -0.39 is 5.60 Å². The topological polar surface area (TPSA) is 102 Å². The highest BCUT2D eigenvalue weighted by molar-refractivity contribution is 5.89. The molecule has 186 valence electrons. The highest BCUT2D eigenvalue weighted by atomic mass is 19.1. The largest absolute Gasteiger partial charge is 0.465 e. The number of carbonyl (C=O) groups is 1. The maximum atomic E-state index is 13.3. The third-order valence-electron chi connectivity index (χ3n) is 6.63. The first-order chi connectivity index (χ1) is 17.3. The van der Waals surface area contributed by atoms with E-state index in [0.717, 1.165) is 5.56 Å². The normalized spacial score (nSPS) is 15.8. The van der Waals surface area contributed by atoms with Crippen molar-refractivity contribution < 1.29 is 19.0 Å². The van der Waals surface area contributed by atoms with Crippen LogP contribution in [0.1, 0.15) is 28.8 Å². The summed E-state index contributed by atoms with van der Waals surface area (Å²) in [5.41, 5.74) is 1.14. The summed E-state index contributed by atoms with van der Waals surface area (Å²) in [4.78, 5) is 31.5. The van der Waals surface area contributed by atoms with Crippen LogP contribution in [0.2, 0.25) is 0 Å². The van der Waals surface area contributed by atoms with Crippen molar-refractivity contribution in [3.05, 3.63) is 88.4 Å². The lowest BCUT2D eigenvalue weighted by Crippen LogP contribution is -2.47. The van der Waals surface area contributed by atoms with E-state index in [9.17, 15) is 19.1 Å². The minimum absolute atomic E-state index is 0.127. The molecule has 2 aromatic heterocycles. The van der Waals surface area contributed by atoms with E-state index in [4.69, 9.17) is 4.74 Å². The standard InChI is InChI=1S/C26H26FN5O4/c1-36-25(34)19-4-2-3-18(13-19)15-30-11-9-26(35,10-12-30)16-31-17-28-23-22(24(31)33)14-29-32(23)21-7-5-20(27)6-8-21/h2-8,13-14,17,35H,9-12,15-16H2,1H3. The van der Waals surface area contributed by atoms with Crippen LogP contribution in [0, 0.1) is 5.82 Å². The van der Waals surface area contributed by atoms with E-state index in [2.05, 4.69) is 15.0 Å². The van der Waals surface area contributed by atoms with Gasteiger partial charge in [-0.1, -0.05) is 12.1 Å². The second-order valence-corrected chi connectivity index (χ2v) is 9.14. The fourth-order valence-corrected chi connectivity index (χ4v) is 4.61. The summed E-state index contributed by atoms with van der Waals surface area (Å²) in [7, 11) is 1.36. The van der Waals surface area contributed by atoms with Gasteiger partial charge in [0.25, 0.3) is 5.56 Å². The Bertz CT molecular complexity index is 1460. The Balaban J connectivity index is 1.27. The van der Waals surface area contributed by atoms with Crippen LogP contribution < -0.4 is 5.56 Å². The van der Waals surface area contributed by atoms with E-state index in [1.807, 2.05) is 18.2 Å². The zero-order chi connectivity index (χ0) is 25.3. The third kappa shape index (κ3) is 4.77. The highest BCUT2D eigenvalue weighted by Gasteiger charge is 2.33. The number of aliphatic hydroxyl groups is 1. The van der Waals surface area contributed by atoms with Gasteiger partial charge in [-0.25, -0.2) is 18.9 Å². The van der Waals surface area contributed by atoms with Crippen molar-refractivity contribution in [3.63, 3.8) is 0 Å². The Hall–Kier alpha value is -3.89. The summed E-state index contributed by atoms with van der Waals surface area (Å²) in [6.07, 6.45) is 3.85. The average molecular weight is 492 g/mol. The molecule has 10 heteroatoms. The number of carbonyl (C=O) groups excluding carboxylic acids is 1. The number of nitrogens with zero attached hydrogens (tertiary/aromatic N) is 5. The van der Waals surface area contributed by atoms with E-state index in [0.29, 0.717) is 54.8 Å². The number of rotatable bonds is 6. The Morgan fingerprint density at radius 3 is 2.64 bits per heavy atom. The van der Waals surface area contributed by atoms with Gasteiger partial charge in [-0.05, 0) is 54.8 Å². The fourth-order valence-electron chi connectivity index (χ4n) is 4.61. The summed E-state index contributed by atoms with van der Waals surface area (Å²) in [5.74, 6) is -0.733. The van der Waals surface area contributed by atoms with Crippen LogP contribution >= 0.6 is 0 Å². The Kier molecular flexibility index (Phi) is 6.38. The average Bonchev–Trinajstić information content (AvgIpc) is 3.32. The van der Waals surface area contributed by atoms with E-state index in [1.54, 1.807) is 18.2 Å². The maximum absolute atomic E-state index is 13.3. The Morgan fingerprint density at radius 1 is 1.17 bits per heavy atom. The molecule has 0 unspecified atom stereocenters. The molecule has 0 amide bonds. The van der Waals surface area contributed by atoms with Gasteiger partial charge in [-0.2, -0.15) is 5.10 Å². The van der Waals surface area contributed by atoms with Crippen molar-refractivity contribution in [1.82, 2.24) is 24.2 Å². The third-order valence-corrected chi connectivity index (χ3v) is 6.63. The molecule has 1 aliphatic heterocycles. The molecule has 0 saturated carbocycles. The molecule has 0 atom stereocenters. The molecule has 36 heavy (non-hydrogen) atoms. The zero-order valence-electron chi connectivity index (χ0n) is 19.8. The van der Waals surface area contributed by atoms with Gasteiger partial charge in [-0.3, -0.25) is 14.3 Å². The molecular weight excluding hydrogens is 465 g/mol. The number of benzene rings is 2. The number of piperidine rings is 1. The molecule has 4 aromatic rings. The first-order valence-corrected chi connectivity index (χ1v) is 11.7. The molecule has 1 N–H and O–H groups in total. The summed E-state index contributed by atoms with van der Waals surface area (Å²) in [6, 6.07) is 13.1. The predicted octanol–water partition coefficient (Wildman–Crippen LogP) is 2.54. The van der Waals surface area contributed by atoms with E-state index >= 15 is 0 Å². The molecule has 1 aliphatic rings. The fraction of sp³-hybridized carbons (Fsp3) is 0.308. The summed E-state index contributed by atoms with van der Waals surface area (Å²) in [6.45, 7) is 2.07. The monoisotopic (exact) mass is 491 g/mol. The molecule has 0 aliphatic carbocycles. The molecule has 3 heterocycles. The SMILES string of the molecule is COC(=O)c1cccc(CN2CCC(O)(Cn3cnc4c(cnn4-c4ccc(F)cc4)c3=O)CC2)c1. The molecule has 9 nitrogen and oxygen atoms in total. The van der Waals surface area contributed by atoms with Crippen molar-refractivity contribution >= 4 is 17.0 Å². The first kappa shape index (κ1) is 23.8. The van der Waals surface area contributed by atoms with Crippen molar-refractivity contribution in [1.29, 1.82) is 0 Å². The van der Waals surface area contributed by atoms with Gasteiger partial charge >= 0.3 is 5.97 Å². The molecule has 5 rings (SSSR count). The second-order valence-electron chi connectivity index (χ2n) is 9.14. The van der Waals surface area contributed by atoms with Crippen LogP contribution in [0.5, 0.6) is 0 Å². The van der Waals surface area contributed by atoms with Gasteiger partial charge in [-0.15, -0.1) is 0 Å². The quantitative estimate of drug-likeness (QED) is 0.414. The van der Waals surface area contributed by atoms with E-state index in [-0.39, 0.29) is 23.9 Å². The molecule has 1 fully saturated rings. The van der Waals surface area contributed by atoms with Crippen molar-refractivity contribution in [3.8, 4) is 5.69 Å². The van der Waals surface area contributed by atoms with Crippen LogP contribution in [0.25, 0.3) is 16.7 Å². The van der Waals surface area contributed by atoms with Crippen molar-refractivity contribution in [2.45, 2.75) is 31.5 Å². The van der Waals surface area contributed by atoms with Gasteiger partial charge < -0.3 is 9.84 Å². The van der Waals surface area contributed by atoms with Crippen LogP contribution in [0.3, 0.4) is 0 Å².